The molecule has 4 N–H and O–H groups in total. The van der Waals surface area contributed by atoms with Gasteiger partial charge < -0.3 is 21.1 Å². The van der Waals surface area contributed by atoms with Gasteiger partial charge in [0.05, 0.1) is 6.04 Å². The molecule has 198 valence electrons. The van der Waals surface area contributed by atoms with Crippen LogP contribution in [0.4, 0.5) is 11.4 Å². The highest BCUT2D eigenvalue weighted by Gasteiger charge is 2.62. The van der Waals surface area contributed by atoms with Crippen LogP contribution in [0.2, 0.25) is 10.0 Å². The Labute approximate surface area is 240 Å². The number of anilines is 2. The Bertz CT molecular complexity index is 1550. The van der Waals surface area contributed by atoms with Crippen LogP contribution in [0, 0.1) is 11.8 Å². The van der Waals surface area contributed by atoms with Crippen LogP contribution in [0.3, 0.4) is 0 Å². The van der Waals surface area contributed by atoms with Crippen molar-refractivity contribution in [3.63, 3.8) is 0 Å². The van der Waals surface area contributed by atoms with E-state index in [1.807, 2.05) is 24.3 Å². The van der Waals surface area contributed by atoms with Crippen molar-refractivity contribution in [1.82, 2.24) is 5.32 Å². The molecule has 39 heavy (non-hydrogen) atoms. The van der Waals surface area contributed by atoms with Gasteiger partial charge in [-0.15, -0.1) is 0 Å². The number of nitrogens with two attached hydrogens (primary N) is 1. The fourth-order valence-electron chi connectivity index (χ4n) is 6.15. The number of hydrogen-bond acceptors (Lipinski definition) is 4. The van der Waals surface area contributed by atoms with E-state index in [1.54, 1.807) is 54.6 Å². The number of piperidine rings is 1. The summed E-state index contributed by atoms with van der Waals surface area (Å²) in [6, 6.07) is 16.8. The quantitative estimate of drug-likeness (QED) is 0.286. The van der Waals surface area contributed by atoms with Gasteiger partial charge in [-0.2, -0.15) is 0 Å². The maximum Gasteiger partial charge on any atom is 0.237 e. The third-order valence-corrected chi connectivity index (χ3v) is 8.53. The first kappa shape index (κ1) is 25.8. The van der Waals surface area contributed by atoms with Crippen molar-refractivity contribution in [3.05, 3.63) is 105 Å². The Morgan fingerprint density at radius 3 is 2.44 bits per heavy atom. The minimum Gasteiger partial charge on any atom is -0.457 e. The van der Waals surface area contributed by atoms with Crippen LogP contribution in [-0.2, 0) is 15.0 Å². The predicted molar refractivity (Wildman–Crippen MR) is 154 cm³/mol. The lowest BCUT2D eigenvalue weighted by atomic mass is 9.57. The lowest BCUT2D eigenvalue weighted by Crippen LogP contribution is -2.59. The van der Waals surface area contributed by atoms with E-state index in [0.29, 0.717) is 49.9 Å². The molecule has 1 spiro atoms. The number of carbonyl (C=O) groups is 2. The maximum absolute atomic E-state index is 14.3. The standard InChI is InChI=1S/C30H24Cl3N3O3/c31-17-3-1-2-16(12-17)24-15-27(37)36-28(30(24)23-10-4-19(33)14-25(23)35-29(30)38)22-13-18(32)5-11-26(22)39-21-8-6-20(34)7-9-21/h1-11,13-14,16,24,28H,12,15,34H2,(H,35,38)(H,36,37)/t16?,24-,28+,30-/m0/s1. The molecular formula is C30H24Cl3N3O3. The topological polar surface area (TPSA) is 93.4 Å². The molecule has 3 aromatic carbocycles. The second kappa shape index (κ2) is 9.94. The zero-order chi connectivity index (χ0) is 27.3. The molecule has 6 rings (SSSR count). The van der Waals surface area contributed by atoms with E-state index in [1.165, 1.54) is 0 Å². The minimum atomic E-state index is -1.19. The number of amides is 2. The van der Waals surface area contributed by atoms with Crippen molar-refractivity contribution in [2.75, 3.05) is 11.1 Å². The number of allylic oxidation sites excluding steroid dienone is 4. The number of fused-ring (bicyclic) bond motifs is 2. The first-order valence-corrected chi connectivity index (χ1v) is 13.7. The number of hydrogen-bond donors (Lipinski definition) is 3. The molecule has 0 radical (unpaired) electrons. The van der Waals surface area contributed by atoms with Gasteiger partial charge in [0.1, 0.15) is 16.9 Å². The molecule has 3 aromatic rings. The van der Waals surface area contributed by atoms with Crippen molar-refractivity contribution in [1.29, 1.82) is 0 Å². The summed E-state index contributed by atoms with van der Waals surface area (Å²) in [5.74, 6) is 0.0258. The normalized spacial score (nSPS) is 25.6. The first-order valence-electron chi connectivity index (χ1n) is 12.5. The molecule has 1 unspecified atom stereocenters. The Morgan fingerprint density at radius 1 is 0.923 bits per heavy atom. The summed E-state index contributed by atoms with van der Waals surface area (Å²) in [5.41, 5.74) is 7.21. The third kappa shape index (κ3) is 4.46. The smallest absolute Gasteiger partial charge is 0.237 e. The number of rotatable bonds is 4. The molecule has 9 heteroatoms. The summed E-state index contributed by atoms with van der Waals surface area (Å²) >= 11 is 19.3. The average molecular weight is 581 g/mol. The van der Waals surface area contributed by atoms with Crippen molar-refractivity contribution in [2.24, 2.45) is 11.8 Å². The van der Waals surface area contributed by atoms with Gasteiger partial charge in [-0.3, -0.25) is 9.59 Å². The largest absolute Gasteiger partial charge is 0.457 e. The molecule has 2 aliphatic heterocycles. The van der Waals surface area contributed by atoms with Gasteiger partial charge in [-0.25, -0.2) is 0 Å². The molecule has 1 aliphatic carbocycles. The van der Waals surface area contributed by atoms with Gasteiger partial charge in [-0.1, -0.05) is 53.0 Å². The Morgan fingerprint density at radius 2 is 1.67 bits per heavy atom. The monoisotopic (exact) mass is 579 g/mol. The van der Waals surface area contributed by atoms with Crippen molar-refractivity contribution < 1.29 is 14.3 Å². The highest BCUT2D eigenvalue weighted by atomic mass is 35.5. The molecule has 1 saturated heterocycles. The highest BCUT2D eigenvalue weighted by Crippen LogP contribution is 2.58. The SMILES string of the molecule is Nc1ccc(Oc2ccc(Cl)cc2[C@H]2NC(=O)C[C@@H](C3C=CC=C(Cl)C3)[C@]23C(=O)Nc2cc(Cl)ccc23)cc1. The second-order valence-corrected chi connectivity index (χ2v) is 11.4. The fraction of sp³-hybridized carbons (Fsp3) is 0.200. The zero-order valence-corrected chi connectivity index (χ0v) is 22.9. The molecule has 2 amide bonds. The third-order valence-electron chi connectivity index (χ3n) is 7.78. The van der Waals surface area contributed by atoms with Gasteiger partial charge in [0.15, 0.2) is 0 Å². The number of nitrogen functional groups attached to an aromatic ring is 1. The highest BCUT2D eigenvalue weighted by molar-refractivity contribution is 6.31. The summed E-state index contributed by atoms with van der Waals surface area (Å²) in [5, 5.41) is 7.79. The van der Waals surface area contributed by atoms with Gasteiger partial charge in [-0.05, 0) is 84.5 Å². The van der Waals surface area contributed by atoms with Crippen LogP contribution in [0.5, 0.6) is 11.5 Å². The molecule has 0 saturated carbocycles. The van der Waals surface area contributed by atoms with Crippen LogP contribution in [-0.4, -0.2) is 11.8 Å². The van der Waals surface area contributed by atoms with E-state index in [2.05, 4.69) is 10.6 Å². The van der Waals surface area contributed by atoms with Crippen LogP contribution < -0.4 is 21.1 Å². The van der Waals surface area contributed by atoms with E-state index < -0.39 is 17.4 Å². The molecule has 0 aromatic heterocycles. The first-order chi connectivity index (χ1) is 18.8. The maximum atomic E-state index is 14.3. The van der Waals surface area contributed by atoms with E-state index in [9.17, 15) is 9.59 Å². The van der Waals surface area contributed by atoms with Crippen LogP contribution in [0.25, 0.3) is 0 Å². The molecular weight excluding hydrogens is 557 g/mol. The number of carbonyl (C=O) groups excluding carboxylic acids is 2. The lowest BCUT2D eigenvalue weighted by Gasteiger charge is -2.49. The average Bonchev–Trinajstić information content (AvgIpc) is 3.18. The summed E-state index contributed by atoms with van der Waals surface area (Å²) < 4.78 is 6.29. The minimum absolute atomic E-state index is 0.139. The Balaban J connectivity index is 1.56. The molecule has 4 atom stereocenters. The van der Waals surface area contributed by atoms with Crippen molar-refractivity contribution in [3.8, 4) is 11.5 Å². The summed E-state index contributed by atoms with van der Waals surface area (Å²) in [6.07, 6.45) is 6.41. The molecule has 6 nitrogen and oxygen atoms in total. The van der Waals surface area contributed by atoms with Crippen LogP contribution in [0.15, 0.2) is 83.9 Å². The fourth-order valence-corrected chi connectivity index (χ4v) is 6.75. The van der Waals surface area contributed by atoms with Gasteiger partial charge in [0, 0.05) is 38.4 Å². The van der Waals surface area contributed by atoms with Gasteiger partial charge in [0.2, 0.25) is 11.8 Å². The van der Waals surface area contributed by atoms with Crippen LogP contribution >= 0.6 is 34.8 Å². The number of halogens is 3. The summed E-state index contributed by atoms with van der Waals surface area (Å²) in [7, 11) is 0. The zero-order valence-electron chi connectivity index (χ0n) is 20.6. The Hall–Kier alpha value is -3.45. The van der Waals surface area contributed by atoms with Gasteiger partial charge >= 0.3 is 0 Å². The Kier molecular flexibility index (Phi) is 6.58. The van der Waals surface area contributed by atoms with E-state index in [4.69, 9.17) is 45.3 Å². The molecule has 0 bridgehead atoms. The van der Waals surface area contributed by atoms with E-state index in [-0.39, 0.29) is 24.2 Å². The van der Waals surface area contributed by atoms with Crippen LogP contribution in [0.1, 0.15) is 30.0 Å². The lowest BCUT2D eigenvalue weighted by molar-refractivity contribution is -0.135. The van der Waals surface area contributed by atoms with Gasteiger partial charge in [0.25, 0.3) is 0 Å². The summed E-state index contributed by atoms with van der Waals surface area (Å²) in [4.78, 5) is 27.6. The molecule has 2 heterocycles. The van der Waals surface area contributed by atoms with E-state index >= 15 is 0 Å². The number of ether oxygens (including phenoxy) is 1. The van der Waals surface area contributed by atoms with Crippen molar-refractivity contribution >= 4 is 58.0 Å². The van der Waals surface area contributed by atoms with E-state index in [0.717, 1.165) is 5.56 Å². The second-order valence-electron chi connectivity index (χ2n) is 10.0. The number of nitrogens with one attached hydrogen (secondary N) is 2. The molecule has 1 fully saturated rings. The van der Waals surface area contributed by atoms with Crippen molar-refractivity contribution in [2.45, 2.75) is 24.3 Å². The summed E-state index contributed by atoms with van der Waals surface area (Å²) in [6.45, 7) is 0. The molecule has 3 aliphatic rings. The predicted octanol–water partition coefficient (Wildman–Crippen LogP) is 7.13. The number of benzene rings is 3.